The van der Waals surface area contributed by atoms with E-state index >= 15 is 0 Å². The van der Waals surface area contributed by atoms with Gasteiger partial charge >= 0.3 is 5.97 Å². The smallest absolute Gasteiger partial charge is 0.335 e. The monoisotopic (exact) mass is 265 g/mol. The molecule has 1 aromatic rings. The number of rotatable bonds is 8. The Labute approximate surface area is 114 Å². The van der Waals surface area contributed by atoms with Crippen molar-refractivity contribution in [3.8, 4) is 5.88 Å². The van der Waals surface area contributed by atoms with Crippen LogP contribution < -0.4 is 4.74 Å². The molecule has 1 heterocycles. The molecule has 0 aliphatic heterocycles. The predicted molar refractivity (Wildman–Crippen MR) is 74.8 cm³/mol. The first kappa shape index (κ1) is 15.5. The van der Waals surface area contributed by atoms with Gasteiger partial charge in [-0.1, -0.05) is 33.6 Å². The van der Waals surface area contributed by atoms with Gasteiger partial charge in [0.15, 0.2) is 0 Å². The molecule has 1 rings (SSSR count). The maximum Gasteiger partial charge on any atom is 0.335 e. The number of hydrogen-bond donors (Lipinski definition) is 1. The molecule has 0 aromatic carbocycles. The normalized spacial score (nSPS) is 12.2. The van der Waals surface area contributed by atoms with E-state index < -0.39 is 5.97 Å². The summed E-state index contributed by atoms with van der Waals surface area (Å²) in [4.78, 5) is 15.4. The highest BCUT2D eigenvalue weighted by Gasteiger charge is 2.10. The van der Waals surface area contributed by atoms with E-state index in [1.54, 1.807) is 6.07 Å². The first-order chi connectivity index (χ1) is 9.06. The van der Waals surface area contributed by atoms with Crippen LogP contribution in [0, 0.1) is 5.92 Å². The Morgan fingerprint density at radius 1 is 1.37 bits per heavy atom. The Hall–Kier alpha value is -1.58. The zero-order chi connectivity index (χ0) is 14.3. The van der Waals surface area contributed by atoms with E-state index in [0.717, 1.165) is 31.4 Å². The molecule has 106 valence electrons. The number of carbonyl (C=O) groups is 1. The van der Waals surface area contributed by atoms with Crippen LogP contribution in [0.15, 0.2) is 12.1 Å². The topological polar surface area (TPSA) is 59.4 Å². The highest BCUT2D eigenvalue weighted by molar-refractivity contribution is 5.88. The lowest BCUT2D eigenvalue weighted by atomic mass is 10.1. The second-order valence-electron chi connectivity index (χ2n) is 4.95. The van der Waals surface area contributed by atoms with Crippen molar-refractivity contribution < 1.29 is 14.6 Å². The summed E-state index contributed by atoms with van der Waals surface area (Å²) in [5, 5.41) is 9.08. The summed E-state index contributed by atoms with van der Waals surface area (Å²) in [6, 6.07) is 3.12. The van der Waals surface area contributed by atoms with Crippen LogP contribution in [0.3, 0.4) is 0 Å². The quantitative estimate of drug-likeness (QED) is 0.781. The van der Waals surface area contributed by atoms with Crippen LogP contribution in [0.4, 0.5) is 0 Å². The van der Waals surface area contributed by atoms with Gasteiger partial charge in [0.1, 0.15) is 0 Å². The van der Waals surface area contributed by atoms with Crippen molar-refractivity contribution in [2.75, 3.05) is 6.61 Å². The van der Waals surface area contributed by atoms with Crippen molar-refractivity contribution in [2.45, 2.75) is 46.5 Å². The Bertz CT molecular complexity index is 418. The molecule has 1 unspecified atom stereocenters. The lowest BCUT2D eigenvalue weighted by molar-refractivity contribution is 0.0696. The molecule has 0 saturated carbocycles. The van der Waals surface area contributed by atoms with Gasteiger partial charge in [0, 0.05) is 11.8 Å². The van der Waals surface area contributed by atoms with Crippen LogP contribution in [-0.2, 0) is 6.42 Å². The number of nitrogens with zero attached hydrogens (tertiary/aromatic N) is 1. The van der Waals surface area contributed by atoms with Gasteiger partial charge in [-0.3, -0.25) is 0 Å². The van der Waals surface area contributed by atoms with E-state index in [0.29, 0.717) is 18.4 Å². The molecule has 1 aromatic heterocycles. The Morgan fingerprint density at radius 3 is 2.68 bits per heavy atom. The van der Waals surface area contributed by atoms with Crippen LogP contribution in [0.1, 0.15) is 56.1 Å². The fourth-order valence-corrected chi connectivity index (χ4v) is 1.95. The zero-order valence-corrected chi connectivity index (χ0v) is 12.0. The number of aromatic carboxylic acids is 1. The van der Waals surface area contributed by atoms with Crippen molar-refractivity contribution in [1.82, 2.24) is 4.98 Å². The van der Waals surface area contributed by atoms with E-state index in [-0.39, 0.29) is 5.56 Å². The lowest BCUT2D eigenvalue weighted by Gasteiger charge is -2.12. The maximum absolute atomic E-state index is 11.1. The molecular formula is C15H23NO3. The molecule has 0 fully saturated rings. The first-order valence-corrected chi connectivity index (χ1v) is 6.93. The summed E-state index contributed by atoms with van der Waals surface area (Å²) >= 11 is 0. The average Bonchev–Trinajstić information content (AvgIpc) is 2.37. The van der Waals surface area contributed by atoms with E-state index in [1.807, 2.05) is 6.92 Å². The number of carboxylic acids is 1. The van der Waals surface area contributed by atoms with Gasteiger partial charge in [-0.25, -0.2) is 9.78 Å². The third-order valence-corrected chi connectivity index (χ3v) is 2.91. The number of hydrogen-bond acceptors (Lipinski definition) is 3. The van der Waals surface area contributed by atoms with Gasteiger partial charge < -0.3 is 9.84 Å². The first-order valence-electron chi connectivity index (χ1n) is 6.93. The van der Waals surface area contributed by atoms with Gasteiger partial charge in [0.05, 0.1) is 12.2 Å². The van der Waals surface area contributed by atoms with Gasteiger partial charge in [0.25, 0.3) is 0 Å². The molecule has 4 heteroatoms. The molecule has 1 atom stereocenters. The highest BCUT2D eigenvalue weighted by Crippen LogP contribution is 2.16. The predicted octanol–water partition coefficient (Wildman–Crippen LogP) is 3.55. The number of pyridine rings is 1. The second kappa shape index (κ2) is 7.77. The van der Waals surface area contributed by atoms with E-state index in [9.17, 15) is 4.79 Å². The minimum atomic E-state index is -0.939. The third-order valence-electron chi connectivity index (χ3n) is 2.91. The van der Waals surface area contributed by atoms with E-state index in [2.05, 4.69) is 18.8 Å². The number of ether oxygens (including phenoxy) is 1. The van der Waals surface area contributed by atoms with Crippen LogP contribution >= 0.6 is 0 Å². The molecule has 0 aliphatic carbocycles. The highest BCUT2D eigenvalue weighted by atomic mass is 16.5. The van der Waals surface area contributed by atoms with Crippen molar-refractivity contribution in [3.63, 3.8) is 0 Å². The molecule has 0 bridgehead atoms. The fourth-order valence-electron chi connectivity index (χ4n) is 1.95. The molecular weight excluding hydrogens is 242 g/mol. The van der Waals surface area contributed by atoms with E-state index in [1.165, 1.54) is 6.07 Å². The Morgan fingerprint density at radius 2 is 2.11 bits per heavy atom. The molecule has 0 saturated heterocycles. The third kappa shape index (κ3) is 5.28. The number of carboxylic acid groups (broad SMARTS) is 1. The molecule has 0 aliphatic rings. The van der Waals surface area contributed by atoms with Gasteiger partial charge in [-0.05, 0) is 24.8 Å². The summed E-state index contributed by atoms with van der Waals surface area (Å²) in [6.07, 6.45) is 3.92. The van der Waals surface area contributed by atoms with Crippen LogP contribution in [0.5, 0.6) is 5.88 Å². The van der Waals surface area contributed by atoms with Gasteiger partial charge in [-0.2, -0.15) is 0 Å². The molecule has 19 heavy (non-hydrogen) atoms. The fraction of sp³-hybridized carbons (Fsp3) is 0.600. The van der Waals surface area contributed by atoms with Crippen molar-refractivity contribution in [2.24, 2.45) is 5.92 Å². The van der Waals surface area contributed by atoms with Crippen LogP contribution in [0.25, 0.3) is 0 Å². The van der Waals surface area contributed by atoms with Crippen LogP contribution in [-0.4, -0.2) is 22.7 Å². The molecule has 4 nitrogen and oxygen atoms in total. The molecule has 0 spiro atoms. The summed E-state index contributed by atoms with van der Waals surface area (Å²) in [5.41, 5.74) is 1.03. The van der Waals surface area contributed by atoms with Crippen molar-refractivity contribution in [1.29, 1.82) is 0 Å². The van der Waals surface area contributed by atoms with E-state index in [4.69, 9.17) is 9.84 Å². The SMILES string of the molecule is CCCc1cc(C(=O)O)cc(OCC(C)CCC)n1. The van der Waals surface area contributed by atoms with Crippen molar-refractivity contribution >= 4 is 5.97 Å². The molecule has 0 amide bonds. The number of aryl methyl sites for hydroxylation is 1. The summed E-state index contributed by atoms with van der Waals surface area (Å²) in [7, 11) is 0. The minimum absolute atomic E-state index is 0.247. The summed E-state index contributed by atoms with van der Waals surface area (Å²) in [5.74, 6) is -0.0626. The van der Waals surface area contributed by atoms with Gasteiger partial charge in [-0.15, -0.1) is 0 Å². The Kier molecular flexibility index (Phi) is 6.33. The second-order valence-corrected chi connectivity index (χ2v) is 4.95. The van der Waals surface area contributed by atoms with Crippen molar-refractivity contribution in [3.05, 3.63) is 23.4 Å². The zero-order valence-electron chi connectivity index (χ0n) is 12.0. The standard InChI is InChI=1S/C15H23NO3/c1-4-6-11(3)10-19-14-9-12(15(17)18)8-13(16-14)7-5-2/h8-9,11H,4-7,10H2,1-3H3,(H,17,18). The number of aromatic nitrogens is 1. The summed E-state index contributed by atoms with van der Waals surface area (Å²) < 4.78 is 5.62. The Balaban J connectivity index is 2.78. The van der Waals surface area contributed by atoms with Gasteiger partial charge in [0.2, 0.25) is 5.88 Å². The molecule has 0 radical (unpaired) electrons. The average molecular weight is 265 g/mol. The van der Waals surface area contributed by atoms with Crippen LogP contribution in [0.2, 0.25) is 0 Å². The maximum atomic E-state index is 11.1. The minimum Gasteiger partial charge on any atom is -0.478 e. The largest absolute Gasteiger partial charge is 0.478 e. The summed E-state index contributed by atoms with van der Waals surface area (Å²) in [6.45, 7) is 6.88. The lowest BCUT2D eigenvalue weighted by Crippen LogP contribution is -2.10. The molecule has 1 N–H and O–H groups in total.